The standard InChI is InChI=1S/C19H43NSi/c1-2-3-4-5-6-7-8-9-12-15-18-21-19-16-13-10-11-14-17-20/h2-21H2,1H3. The molecule has 0 aliphatic rings. The number of nitrogens with two attached hydrogens (primary N) is 1. The molecule has 0 amide bonds. The van der Waals surface area contributed by atoms with Crippen molar-refractivity contribution in [1.82, 2.24) is 0 Å². The average Bonchev–Trinajstić information content (AvgIpc) is 2.50. The molecule has 2 N–H and O–H groups in total. The quantitative estimate of drug-likeness (QED) is 0.250. The molecule has 0 aliphatic heterocycles. The molecule has 0 aromatic rings. The van der Waals surface area contributed by atoms with E-state index in [0.717, 1.165) is 6.54 Å². The first kappa shape index (κ1) is 21.2. The fourth-order valence-corrected chi connectivity index (χ4v) is 4.81. The molecule has 0 rings (SSSR count). The zero-order valence-corrected chi connectivity index (χ0v) is 16.4. The first-order valence-electron chi connectivity index (χ1n) is 10.1. The lowest BCUT2D eigenvalue weighted by Gasteiger charge is -2.03. The van der Waals surface area contributed by atoms with Crippen molar-refractivity contribution in [2.24, 2.45) is 5.73 Å². The predicted octanol–water partition coefficient (Wildman–Crippen LogP) is 5.82. The average molecular weight is 314 g/mol. The molecule has 0 aromatic heterocycles. The van der Waals surface area contributed by atoms with Crippen molar-refractivity contribution in [2.45, 2.75) is 115 Å². The Bertz CT molecular complexity index is 155. The number of hydrogen-bond donors (Lipinski definition) is 1. The fraction of sp³-hybridized carbons (Fsp3) is 1.00. The van der Waals surface area contributed by atoms with E-state index in [-0.39, 0.29) is 0 Å². The lowest BCUT2D eigenvalue weighted by Crippen LogP contribution is -1.97. The van der Waals surface area contributed by atoms with Crippen molar-refractivity contribution < 1.29 is 0 Å². The van der Waals surface area contributed by atoms with Crippen LogP contribution in [-0.2, 0) is 0 Å². The summed E-state index contributed by atoms with van der Waals surface area (Å²) in [5.41, 5.74) is 5.50. The second-order valence-corrected chi connectivity index (χ2v) is 8.92. The molecule has 0 saturated heterocycles. The van der Waals surface area contributed by atoms with Gasteiger partial charge in [-0.25, -0.2) is 0 Å². The van der Waals surface area contributed by atoms with Crippen molar-refractivity contribution in [3.05, 3.63) is 0 Å². The predicted molar refractivity (Wildman–Crippen MR) is 102 cm³/mol. The third-order valence-corrected chi connectivity index (χ3v) is 6.56. The zero-order chi connectivity index (χ0) is 15.4. The Morgan fingerprint density at radius 2 is 0.905 bits per heavy atom. The fourth-order valence-electron chi connectivity index (χ4n) is 3.05. The molecule has 2 heteroatoms. The third kappa shape index (κ3) is 20.2. The van der Waals surface area contributed by atoms with Crippen LogP contribution < -0.4 is 5.73 Å². The van der Waals surface area contributed by atoms with Crippen LogP contribution in [0.1, 0.15) is 103 Å². The lowest BCUT2D eigenvalue weighted by molar-refractivity contribution is 0.562. The summed E-state index contributed by atoms with van der Waals surface area (Å²) in [6.45, 7) is 3.18. The molecule has 1 nitrogen and oxygen atoms in total. The van der Waals surface area contributed by atoms with E-state index in [1.54, 1.807) is 12.1 Å². The van der Waals surface area contributed by atoms with Gasteiger partial charge in [0.25, 0.3) is 0 Å². The molecule has 0 unspecified atom stereocenters. The van der Waals surface area contributed by atoms with Crippen LogP contribution in [0, 0.1) is 0 Å². The third-order valence-electron chi connectivity index (χ3n) is 4.56. The summed E-state index contributed by atoms with van der Waals surface area (Å²) in [6.07, 6.45) is 21.8. The molecule has 0 heterocycles. The Hall–Kier alpha value is 0.177. The molecule has 128 valence electrons. The van der Waals surface area contributed by atoms with Crippen LogP contribution in [0.5, 0.6) is 0 Å². The summed E-state index contributed by atoms with van der Waals surface area (Å²) in [6, 6.07) is 3.21. The molecule has 0 aromatic carbocycles. The van der Waals surface area contributed by atoms with E-state index in [0.29, 0.717) is 9.52 Å². The van der Waals surface area contributed by atoms with E-state index < -0.39 is 0 Å². The van der Waals surface area contributed by atoms with Gasteiger partial charge in [0, 0.05) is 9.52 Å². The number of unbranched alkanes of at least 4 members (excludes halogenated alkanes) is 13. The lowest BCUT2D eigenvalue weighted by atomic mass is 10.1. The van der Waals surface area contributed by atoms with Crippen molar-refractivity contribution in [2.75, 3.05) is 6.54 Å². The van der Waals surface area contributed by atoms with Gasteiger partial charge in [0.1, 0.15) is 0 Å². The van der Waals surface area contributed by atoms with Crippen molar-refractivity contribution in [1.29, 1.82) is 0 Å². The van der Waals surface area contributed by atoms with E-state index in [1.165, 1.54) is 96.3 Å². The van der Waals surface area contributed by atoms with Crippen molar-refractivity contribution in [3.8, 4) is 0 Å². The topological polar surface area (TPSA) is 26.0 Å². The smallest absolute Gasteiger partial charge is 0.0197 e. The Morgan fingerprint density at radius 1 is 0.524 bits per heavy atom. The Balaban J connectivity index is 2.90. The highest BCUT2D eigenvalue weighted by molar-refractivity contribution is 6.35. The maximum Gasteiger partial charge on any atom is 0.0197 e. The van der Waals surface area contributed by atoms with Crippen LogP contribution in [0.4, 0.5) is 0 Å². The minimum Gasteiger partial charge on any atom is -0.330 e. The summed E-state index contributed by atoms with van der Waals surface area (Å²) in [7, 11) is 0.294. The van der Waals surface area contributed by atoms with E-state index in [9.17, 15) is 0 Å². The summed E-state index contributed by atoms with van der Waals surface area (Å²) in [5.74, 6) is 0. The molecule has 0 atom stereocenters. The highest BCUT2D eigenvalue weighted by Crippen LogP contribution is 2.12. The van der Waals surface area contributed by atoms with Crippen LogP contribution in [0.2, 0.25) is 12.1 Å². The molecule has 0 aliphatic carbocycles. The summed E-state index contributed by atoms with van der Waals surface area (Å²) >= 11 is 0. The second kappa shape index (κ2) is 20.2. The highest BCUT2D eigenvalue weighted by Gasteiger charge is 1.95. The molecule has 0 radical (unpaired) electrons. The first-order valence-corrected chi connectivity index (χ1v) is 12.1. The van der Waals surface area contributed by atoms with E-state index in [4.69, 9.17) is 5.73 Å². The molecule has 0 fully saturated rings. The zero-order valence-electron chi connectivity index (χ0n) is 15.0. The highest BCUT2D eigenvalue weighted by atomic mass is 28.2. The summed E-state index contributed by atoms with van der Waals surface area (Å²) in [5, 5.41) is 0. The molecular weight excluding hydrogens is 270 g/mol. The van der Waals surface area contributed by atoms with E-state index >= 15 is 0 Å². The summed E-state index contributed by atoms with van der Waals surface area (Å²) in [4.78, 5) is 0. The van der Waals surface area contributed by atoms with E-state index in [2.05, 4.69) is 6.92 Å². The van der Waals surface area contributed by atoms with Gasteiger partial charge in [0.2, 0.25) is 0 Å². The van der Waals surface area contributed by atoms with Gasteiger partial charge < -0.3 is 5.73 Å². The SMILES string of the molecule is CCCCCCCCCCCC[SiH2]CCCCCCCN. The second-order valence-electron chi connectivity index (χ2n) is 6.80. The first-order chi connectivity index (χ1) is 10.4. The largest absolute Gasteiger partial charge is 0.330 e. The van der Waals surface area contributed by atoms with Gasteiger partial charge in [-0.1, -0.05) is 109 Å². The van der Waals surface area contributed by atoms with Crippen molar-refractivity contribution >= 4 is 9.52 Å². The Labute approximate surface area is 137 Å². The molecular formula is C19H43NSi. The summed E-state index contributed by atoms with van der Waals surface area (Å²) < 4.78 is 0. The Morgan fingerprint density at radius 3 is 1.33 bits per heavy atom. The molecule has 21 heavy (non-hydrogen) atoms. The number of rotatable bonds is 18. The van der Waals surface area contributed by atoms with Gasteiger partial charge in [-0.15, -0.1) is 0 Å². The van der Waals surface area contributed by atoms with Gasteiger partial charge in [-0.05, 0) is 13.0 Å². The normalized spacial score (nSPS) is 11.7. The molecule has 0 bridgehead atoms. The minimum absolute atomic E-state index is 0.294. The maximum absolute atomic E-state index is 5.50. The van der Waals surface area contributed by atoms with Crippen LogP contribution >= 0.6 is 0 Å². The van der Waals surface area contributed by atoms with E-state index in [1.807, 2.05) is 0 Å². The Kier molecular flexibility index (Phi) is 20.3. The molecule has 0 spiro atoms. The van der Waals surface area contributed by atoms with Gasteiger partial charge in [0.05, 0.1) is 0 Å². The number of hydrogen-bond acceptors (Lipinski definition) is 1. The van der Waals surface area contributed by atoms with Crippen LogP contribution in [0.3, 0.4) is 0 Å². The molecule has 0 saturated carbocycles. The minimum atomic E-state index is 0.294. The van der Waals surface area contributed by atoms with Crippen LogP contribution in [-0.4, -0.2) is 16.1 Å². The van der Waals surface area contributed by atoms with Gasteiger partial charge in [0.15, 0.2) is 0 Å². The van der Waals surface area contributed by atoms with Gasteiger partial charge >= 0.3 is 0 Å². The monoisotopic (exact) mass is 313 g/mol. The van der Waals surface area contributed by atoms with Gasteiger partial charge in [-0.3, -0.25) is 0 Å². The maximum atomic E-state index is 5.50. The van der Waals surface area contributed by atoms with Crippen LogP contribution in [0.15, 0.2) is 0 Å². The van der Waals surface area contributed by atoms with Crippen molar-refractivity contribution in [3.63, 3.8) is 0 Å². The van der Waals surface area contributed by atoms with Gasteiger partial charge in [-0.2, -0.15) is 0 Å². The van der Waals surface area contributed by atoms with Crippen LogP contribution in [0.25, 0.3) is 0 Å².